The van der Waals surface area contributed by atoms with Crippen LogP contribution in [0.3, 0.4) is 0 Å². The Morgan fingerprint density at radius 3 is 1.50 bits per heavy atom. The first-order valence-electron chi connectivity index (χ1n) is 10.5. The van der Waals surface area contributed by atoms with E-state index in [4.69, 9.17) is 10.2 Å². The van der Waals surface area contributed by atoms with Gasteiger partial charge in [0.2, 0.25) is 0 Å². The maximum absolute atomic E-state index is 4.71. The third-order valence-corrected chi connectivity index (χ3v) is 5.75. The molecule has 0 aliphatic heterocycles. The first-order chi connectivity index (χ1) is 15.7. The van der Waals surface area contributed by atoms with E-state index in [1.165, 1.54) is 0 Å². The number of nitrogens with zero attached hydrogens (tertiary/aromatic N) is 4. The lowest BCUT2D eigenvalue weighted by molar-refractivity contribution is 0.895. The van der Waals surface area contributed by atoms with Gasteiger partial charge in [-0.3, -0.25) is 0 Å². The summed E-state index contributed by atoms with van der Waals surface area (Å²) in [5, 5.41) is 11.7. The molecule has 6 rings (SSSR count). The second-order valence-corrected chi connectivity index (χ2v) is 7.84. The Kier molecular flexibility index (Phi) is 4.22. The van der Waals surface area contributed by atoms with E-state index in [0.717, 1.165) is 49.9 Å². The summed E-state index contributed by atoms with van der Waals surface area (Å²) in [5.41, 5.74) is 7.06. The van der Waals surface area contributed by atoms with Crippen molar-refractivity contribution >= 4 is 27.4 Å². The average molecular weight is 412 g/mol. The molecule has 0 N–H and O–H groups in total. The highest BCUT2D eigenvalue weighted by Crippen LogP contribution is 2.26. The molecule has 0 unspecified atom stereocenters. The molecule has 0 spiro atoms. The van der Waals surface area contributed by atoms with Gasteiger partial charge in [0.1, 0.15) is 0 Å². The first kappa shape index (κ1) is 18.3. The van der Waals surface area contributed by atoms with Crippen LogP contribution in [0, 0.1) is 0 Å². The van der Waals surface area contributed by atoms with Gasteiger partial charge in [-0.15, -0.1) is 0 Å². The zero-order valence-electron chi connectivity index (χ0n) is 17.4. The molecule has 0 aliphatic carbocycles. The van der Waals surface area contributed by atoms with E-state index in [9.17, 15) is 0 Å². The van der Waals surface area contributed by atoms with Gasteiger partial charge in [0.15, 0.2) is 0 Å². The van der Waals surface area contributed by atoms with Crippen molar-refractivity contribution < 1.29 is 0 Å². The number of rotatable bonds is 4. The van der Waals surface area contributed by atoms with Crippen molar-refractivity contribution in [2.75, 3.05) is 0 Å². The van der Waals surface area contributed by atoms with Gasteiger partial charge < -0.3 is 0 Å². The molecule has 152 valence electrons. The predicted molar refractivity (Wildman–Crippen MR) is 130 cm³/mol. The summed E-state index contributed by atoms with van der Waals surface area (Å²) < 4.78 is 3.85. The van der Waals surface area contributed by atoms with Gasteiger partial charge in [0.25, 0.3) is 0 Å². The third-order valence-electron chi connectivity index (χ3n) is 5.75. The van der Waals surface area contributed by atoms with Crippen molar-refractivity contribution in [3.8, 4) is 11.4 Å². The van der Waals surface area contributed by atoms with Crippen LogP contribution in [-0.4, -0.2) is 19.6 Å². The summed E-state index contributed by atoms with van der Waals surface area (Å²) >= 11 is 0. The molecule has 2 aromatic heterocycles. The van der Waals surface area contributed by atoms with Crippen molar-refractivity contribution in [3.63, 3.8) is 0 Å². The zero-order chi connectivity index (χ0) is 21.5. The molecular weight excluding hydrogens is 392 g/mol. The fraction of sp³-hybridized carbons (Fsp3) is 0. The van der Waals surface area contributed by atoms with Crippen molar-refractivity contribution in [2.24, 2.45) is 0 Å². The summed E-state index contributed by atoms with van der Waals surface area (Å²) in [6, 6.07) is 32.9. The van der Waals surface area contributed by atoms with Crippen LogP contribution in [0.25, 0.3) is 38.8 Å². The lowest BCUT2D eigenvalue weighted by atomic mass is 9.99. The number of fused-ring (bicyclic) bond motifs is 2. The molecule has 0 fully saturated rings. The van der Waals surface area contributed by atoms with E-state index < -0.39 is 0 Å². The van der Waals surface area contributed by atoms with Gasteiger partial charge >= 0.3 is 0 Å². The Labute approximate surface area is 185 Å². The molecule has 4 aromatic carbocycles. The smallest absolute Gasteiger partial charge is 0.0927 e. The minimum absolute atomic E-state index is 0.960. The van der Waals surface area contributed by atoms with Gasteiger partial charge in [-0.1, -0.05) is 67.2 Å². The van der Waals surface area contributed by atoms with E-state index in [1.54, 1.807) is 0 Å². The van der Waals surface area contributed by atoms with Crippen LogP contribution in [0.2, 0.25) is 0 Å². The number of hydrogen-bond acceptors (Lipinski definition) is 2. The minimum Gasteiger partial charge on any atom is -0.240 e. The molecule has 0 saturated heterocycles. The largest absolute Gasteiger partial charge is 0.240 e. The first-order valence-corrected chi connectivity index (χ1v) is 10.5. The fourth-order valence-electron chi connectivity index (χ4n) is 4.03. The standard InChI is InChI=1S/C28H20N4/c1-20(21-10-6-12-25(16-21)31-18-23-8-2-4-14-27(23)29-31)22-11-7-13-26(17-22)32-19-24-9-3-5-15-28(24)30-32/h2-19H,1H2. The number of hydrogen-bond donors (Lipinski definition) is 0. The summed E-state index contributed by atoms with van der Waals surface area (Å²) in [5.74, 6) is 0. The zero-order valence-corrected chi connectivity index (χ0v) is 17.4. The lowest BCUT2D eigenvalue weighted by Gasteiger charge is -2.10. The van der Waals surface area contributed by atoms with Gasteiger partial charge in [0, 0.05) is 23.2 Å². The van der Waals surface area contributed by atoms with Crippen molar-refractivity contribution in [1.82, 2.24) is 19.6 Å². The summed E-state index contributed by atoms with van der Waals surface area (Å²) in [6.07, 6.45) is 4.11. The second kappa shape index (κ2) is 7.36. The monoisotopic (exact) mass is 412 g/mol. The second-order valence-electron chi connectivity index (χ2n) is 7.84. The lowest BCUT2D eigenvalue weighted by Crippen LogP contribution is -1.97. The molecule has 4 nitrogen and oxygen atoms in total. The molecule has 2 heterocycles. The molecule has 0 radical (unpaired) electrons. The molecule has 0 aliphatic rings. The molecule has 0 saturated carbocycles. The van der Waals surface area contributed by atoms with E-state index >= 15 is 0 Å². The van der Waals surface area contributed by atoms with Crippen LogP contribution < -0.4 is 0 Å². The molecule has 32 heavy (non-hydrogen) atoms. The van der Waals surface area contributed by atoms with E-state index in [2.05, 4.69) is 67.5 Å². The van der Waals surface area contributed by atoms with Crippen molar-refractivity contribution in [1.29, 1.82) is 0 Å². The highest BCUT2D eigenvalue weighted by Gasteiger charge is 2.09. The topological polar surface area (TPSA) is 35.6 Å². The Hall–Kier alpha value is -4.44. The highest BCUT2D eigenvalue weighted by molar-refractivity contribution is 5.81. The third kappa shape index (κ3) is 3.19. The Balaban J connectivity index is 1.35. The Morgan fingerprint density at radius 2 is 1.03 bits per heavy atom. The van der Waals surface area contributed by atoms with E-state index in [0.29, 0.717) is 0 Å². The highest BCUT2D eigenvalue weighted by atomic mass is 15.3. The number of aromatic nitrogens is 4. The summed E-state index contributed by atoms with van der Waals surface area (Å²) in [6.45, 7) is 4.39. The Morgan fingerprint density at radius 1 is 0.562 bits per heavy atom. The maximum atomic E-state index is 4.71. The average Bonchev–Trinajstić information content (AvgIpc) is 3.48. The van der Waals surface area contributed by atoms with E-state index in [1.807, 2.05) is 57.9 Å². The molecule has 0 amide bonds. The minimum atomic E-state index is 0.960. The van der Waals surface area contributed by atoms with Gasteiger partial charge in [0.05, 0.1) is 22.4 Å². The molecule has 0 bridgehead atoms. The normalized spacial score (nSPS) is 11.2. The van der Waals surface area contributed by atoms with Gasteiger partial charge in [-0.25, -0.2) is 9.36 Å². The maximum Gasteiger partial charge on any atom is 0.0927 e. The van der Waals surface area contributed by atoms with Crippen molar-refractivity contribution in [3.05, 3.63) is 127 Å². The summed E-state index contributed by atoms with van der Waals surface area (Å²) in [4.78, 5) is 0. The van der Waals surface area contributed by atoms with Crippen LogP contribution in [0.1, 0.15) is 11.1 Å². The van der Waals surface area contributed by atoms with Crippen LogP contribution in [0.15, 0.2) is 116 Å². The van der Waals surface area contributed by atoms with E-state index in [-0.39, 0.29) is 0 Å². The van der Waals surface area contributed by atoms with Crippen LogP contribution >= 0.6 is 0 Å². The quantitative estimate of drug-likeness (QED) is 0.335. The fourth-order valence-corrected chi connectivity index (χ4v) is 4.03. The summed E-state index contributed by atoms with van der Waals surface area (Å²) in [7, 11) is 0. The van der Waals surface area contributed by atoms with Gasteiger partial charge in [-0.05, 0) is 53.1 Å². The Bertz CT molecular complexity index is 1420. The van der Waals surface area contributed by atoms with Crippen LogP contribution in [-0.2, 0) is 0 Å². The molecule has 4 heteroatoms. The van der Waals surface area contributed by atoms with Crippen LogP contribution in [0.5, 0.6) is 0 Å². The predicted octanol–water partition coefficient (Wildman–Crippen LogP) is 6.43. The van der Waals surface area contributed by atoms with Crippen LogP contribution in [0.4, 0.5) is 0 Å². The molecular formula is C28H20N4. The number of benzene rings is 4. The SMILES string of the molecule is C=C(c1cccc(-n2cc3ccccc3n2)c1)c1cccc(-n2cc3ccccc3n2)c1. The molecule has 0 atom stereocenters. The molecule has 6 aromatic rings. The van der Waals surface area contributed by atoms with Gasteiger partial charge in [-0.2, -0.15) is 10.2 Å². The van der Waals surface area contributed by atoms with Crippen molar-refractivity contribution in [2.45, 2.75) is 0 Å².